The molecule has 4 rings (SSSR count). The van der Waals surface area contributed by atoms with Crippen LogP contribution in [0.5, 0.6) is 0 Å². The maximum absolute atomic E-state index is 12.6. The maximum Gasteiger partial charge on any atom is 0.234 e. The molecule has 1 N–H and O–H groups in total. The van der Waals surface area contributed by atoms with E-state index in [1.807, 2.05) is 48.7 Å². The van der Waals surface area contributed by atoms with Gasteiger partial charge in [0.15, 0.2) is 11.0 Å². The predicted molar refractivity (Wildman–Crippen MR) is 130 cm³/mol. The molecule has 0 fully saturated rings. The highest BCUT2D eigenvalue weighted by Crippen LogP contribution is 2.31. The molecule has 2 aromatic heterocycles. The standard InChI is InChI=1S/C23H19Cl2N5OS/c1-14-8-15(2)10-17(9-14)27-21(31)13-32-23-29-28-22(16-4-3-7-26-12-16)30(23)18-5-6-19(24)20(25)11-18/h3-12H,13H2,1-2H3,(H,27,31). The van der Waals surface area contributed by atoms with E-state index in [1.165, 1.54) is 11.8 Å². The number of aromatic nitrogens is 4. The van der Waals surface area contributed by atoms with Crippen LogP contribution >= 0.6 is 35.0 Å². The second-order valence-electron chi connectivity index (χ2n) is 7.19. The third kappa shape index (κ3) is 5.12. The van der Waals surface area contributed by atoms with Gasteiger partial charge in [0.1, 0.15) is 0 Å². The molecule has 4 aromatic rings. The summed E-state index contributed by atoms with van der Waals surface area (Å²) >= 11 is 13.6. The summed E-state index contributed by atoms with van der Waals surface area (Å²) in [5.41, 5.74) is 4.48. The van der Waals surface area contributed by atoms with Crippen molar-refractivity contribution in [1.82, 2.24) is 19.7 Å². The van der Waals surface area contributed by atoms with Crippen LogP contribution in [0.1, 0.15) is 11.1 Å². The lowest BCUT2D eigenvalue weighted by Gasteiger charge is -2.11. The van der Waals surface area contributed by atoms with Crippen LogP contribution in [-0.2, 0) is 4.79 Å². The molecule has 9 heteroatoms. The van der Waals surface area contributed by atoms with Crippen molar-refractivity contribution in [3.63, 3.8) is 0 Å². The Morgan fingerprint density at radius 1 is 1.03 bits per heavy atom. The fourth-order valence-electron chi connectivity index (χ4n) is 3.28. The summed E-state index contributed by atoms with van der Waals surface area (Å²) in [4.78, 5) is 16.8. The van der Waals surface area contributed by atoms with Crippen molar-refractivity contribution in [3.8, 4) is 17.1 Å². The SMILES string of the molecule is Cc1cc(C)cc(NC(=O)CSc2nnc(-c3cccnc3)n2-c2ccc(Cl)c(Cl)c2)c1. The molecule has 0 saturated carbocycles. The Labute approximate surface area is 200 Å². The Bertz CT molecular complexity index is 1260. The molecule has 0 saturated heterocycles. The molecule has 0 bridgehead atoms. The average molecular weight is 484 g/mol. The highest BCUT2D eigenvalue weighted by molar-refractivity contribution is 7.99. The number of carbonyl (C=O) groups excluding carboxylic acids is 1. The van der Waals surface area contributed by atoms with E-state index in [2.05, 4.69) is 26.6 Å². The lowest BCUT2D eigenvalue weighted by atomic mass is 10.1. The average Bonchev–Trinajstić information content (AvgIpc) is 3.18. The zero-order valence-corrected chi connectivity index (χ0v) is 19.7. The van der Waals surface area contributed by atoms with Gasteiger partial charge in [0.25, 0.3) is 0 Å². The first-order valence-electron chi connectivity index (χ1n) is 9.73. The molecule has 1 amide bonds. The number of rotatable bonds is 6. The number of thioether (sulfide) groups is 1. The number of nitrogens with one attached hydrogen (secondary N) is 1. The van der Waals surface area contributed by atoms with Crippen molar-refractivity contribution in [2.45, 2.75) is 19.0 Å². The summed E-state index contributed by atoms with van der Waals surface area (Å²) in [7, 11) is 0. The van der Waals surface area contributed by atoms with Crippen LogP contribution in [0.15, 0.2) is 66.1 Å². The third-order valence-electron chi connectivity index (χ3n) is 4.55. The molecule has 32 heavy (non-hydrogen) atoms. The minimum absolute atomic E-state index is 0.133. The first-order valence-corrected chi connectivity index (χ1v) is 11.5. The number of hydrogen-bond donors (Lipinski definition) is 1. The zero-order chi connectivity index (χ0) is 22.7. The summed E-state index contributed by atoms with van der Waals surface area (Å²) < 4.78 is 1.84. The molecule has 2 heterocycles. The smallest absolute Gasteiger partial charge is 0.234 e. The molecule has 2 aromatic carbocycles. The normalized spacial score (nSPS) is 10.9. The van der Waals surface area contributed by atoms with Gasteiger partial charge >= 0.3 is 0 Å². The lowest BCUT2D eigenvalue weighted by molar-refractivity contribution is -0.113. The summed E-state index contributed by atoms with van der Waals surface area (Å²) in [5, 5.41) is 13.0. The van der Waals surface area contributed by atoms with E-state index in [-0.39, 0.29) is 11.7 Å². The van der Waals surface area contributed by atoms with Gasteiger partial charge in [-0.05, 0) is 67.4 Å². The van der Waals surface area contributed by atoms with Gasteiger partial charge in [0.2, 0.25) is 5.91 Å². The minimum atomic E-state index is -0.133. The number of aryl methyl sites for hydroxylation is 2. The number of anilines is 1. The molecule has 0 aliphatic carbocycles. The minimum Gasteiger partial charge on any atom is -0.325 e. The molecule has 162 valence electrons. The van der Waals surface area contributed by atoms with Crippen LogP contribution in [0.4, 0.5) is 5.69 Å². The van der Waals surface area contributed by atoms with Gasteiger partial charge in [-0.1, -0.05) is 41.0 Å². The van der Waals surface area contributed by atoms with Crippen molar-refractivity contribution in [2.24, 2.45) is 0 Å². The van der Waals surface area contributed by atoms with Gasteiger partial charge in [-0.15, -0.1) is 10.2 Å². The van der Waals surface area contributed by atoms with Crippen LogP contribution < -0.4 is 5.32 Å². The van der Waals surface area contributed by atoms with E-state index in [1.54, 1.807) is 24.5 Å². The van der Waals surface area contributed by atoms with Crippen LogP contribution in [0.3, 0.4) is 0 Å². The van der Waals surface area contributed by atoms with E-state index in [0.29, 0.717) is 21.0 Å². The second kappa shape index (κ2) is 9.73. The van der Waals surface area contributed by atoms with Gasteiger partial charge in [-0.25, -0.2) is 0 Å². The van der Waals surface area contributed by atoms with Crippen LogP contribution in [0, 0.1) is 13.8 Å². The maximum atomic E-state index is 12.6. The topological polar surface area (TPSA) is 72.7 Å². The first kappa shape index (κ1) is 22.3. The van der Waals surface area contributed by atoms with Crippen molar-refractivity contribution < 1.29 is 4.79 Å². The van der Waals surface area contributed by atoms with Gasteiger partial charge < -0.3 is 5.32 Å². The molecule has 0 aliphatic rings. The van der Waals surface area contributed by atoms with Gasteiger partial charge in [-0.2, -0.15) is 0 Å². The van der Waals surface area contributed by atoms with Crippen LogP contribution in [-0.4, -0.2) is 31.4 Å². The number of carbonyl (C=O) groups is 1. The molecule has 6 nitrogen and oxygen atoms in total. The highest BCUT2D eigenvalue weighted by Gasteiger charge is 2.18. The number of nitrogens with zero attached hydrogens (tertiary/aromatic N) is 4. The highest BCUT2D eigenvalue weighted by atomic mass is 35.5. The zero-order valence-electron chi connectivity index (χ0n) is 17.3. The molecular formula is C23H19Cl2N5OS. The second-order valence-corrected chi connectivity index (χ2v) is 8.95. The van der Waals surface area contributed by atoms with E-state index >= 15 is 0 Å². The largest absolute Gasteiger partial charge is 0.325 e. The third-order valence-corrected chi connectivity index (χ3v) is 6.22. The monoisotopic (exact) mass is 483 g/mol. The lowest BCUT2D eigenvalue weighted by Crippen LogP contribution is -2.14. The number of hydrogen-bond acceptors (Lipinski definition) is 5. The summed E-state index contributed by atoms with van der Waals surface area (Å²) in [6.45, 7) is 3.99. The Morgan fingerprint density at radius 3 is 2.50 bits per heavy atom. The Morgan fingerprint density at radius 2 is 1.81 bits per heavy atom. The van der Waals surface area contributed by atoms with E-state index < -0.39 is 0 Å². The summed E-state index contributed by atoms with van der Waals surface area (Å²) in [6, 6.07) is 14.9. The summed E-state index contributed by atoms with van der Waals surface area (Å²) in [5.74, 6) is 0.625. The molecule has 0 atom stereocenters. The Hall–Kier alpha value is -2.87. The van der Waals surface area contributed by atoms with Crippen LogP contribution in [0.25, 0.3) is 17.1 Å². The molecular weight excluding hydrogens is 465 g/mol. The van der Waals surface area contributed by atoms with Crippen molar-refractivity contribution in [1.29, 1.82) is 0 Å². The number of pyridine rings is 1. The van der Waals surface area contributed by atoms with Crippen molar-refractivity contribution >= 4 is 46.6 Å². The Kier molecular flexibility index (Phi) is 6.79. The Balaban J connectivity index is 1.61. The van der Waals surface area contributed by atoms with E-state index in [0.717, 1.165) is 28.1 Å². The quantitative estimate of drug-likeness (QED) is 0.341. The summed E-state index contributed by atoms with van der Waals surface area (Å²) in [6.07, 6.45) is 3.40. The van der Waals surface area contributed by atoms with Crippen molar-refractivity contribution in [2.75, 3.05) is 11.1 Å². The fourth-order valence-corrected chi connectivity index (χ4v) is 4.32. The molecule has 0 spiro atoms. The van der Waals surface area contributed by atoms with Crippen molar-refractivity contribution in [3.05, 3.63) is 82.1 Å². The van der Waals surface area contributed by atoms with Gasteiger partial charge in [-0.3, -0.25) is 14.3 Å². The molecule has 0 unspecified atom stereocenters. The first-order chi connectivity index (χ1) is 15.4. The number of halogens is 2. The van der Waals surface area contributed by atoms with E-state index in [4.69, 9.17) is 23.2 Å². The molecule has 0 aliphatic heterocycles. The fraction of sp³-hybridized carbons (Fsp3) is 0.130. The van der Waals surface area contributed by atoms with Gasteiger partial charge in [0.05, 0.1) is 21.5 Å². The predicted octanol–water partition coefficient (Wildman–Crippen LogP) is 5.98. The van der Waals surface area contributed by atoms with Gasteiger partial charge in [0, 0.05) is 23.6 Å². The van der Waals surface area contributed by atoms with Crippen LogP contribution in [0.2, 0.25) is 10.0 Å². The van der Waals surface area contributed by atoms with E-state index in [9.17, 15) is 4.79 Å². The number of benzene rings is 2. The molecule has 0 radical (unpaired) electrons. The number of amides is 1.